The molecule has 0 amide bonds. The molecule has 2 rings (SSSR count). The number of unbranched alkanes of at least 4 members (excludes halogenated alkanes) is 1. The summed E-state index contributed by atoms with van der Waals surface area (Å²) in [6.07, 6.45) is 5.87. The van der Waals surface area contributed by atoms with Gasteiger partial charge in [-0.15, -0.1) is 35.3 Å². The van der Waals surface area contributed by atoms with E-state index >= 15 is 0 Å². The number of hydrogen-bond acceptors (Lipinski definition) is 4. The summed E-state index contributed by atoms with van der Waals surface area (Å²) in [7, 11) is 2.25. The van der Waals surface area contributed by atoms with Crippen molar-refractivity contribution >= 4 is 41.3 Å². The van der Waals surface area contributed by atoms with Crippen LogP contribution in [0.15, 0.2) is 22.5 Å². The lowest BCUT2D eigenvalue weighted by atomic mass is 9.88. The van der Waals surface area contributed by atoms with Crippen molar-refractivity contribution < 1.29 is 4.74 Å². The Labute approximate surface area is 192 Å². The summed E-state index contributed by atoms with van der Waals surface area (Å²) in [5.74, 6) is 1.51. The summed E-state index contributed by atoms with van der Waals surface area (Å²) in [4.78, 5) is 8.89. The predicted molar refractivity (Wildman–Crippen MR) is 132 cm³/mol. The molecule has 1 aromatic heterocycles. The molecular formula is C21H39IN4OS. The van der Waals surface area contributed by atoms with Gasteiger partial charge in [0.1, 0.15) is 0 Å². The second-order valence-corrected chi connectivity index (χ2v) is 8.29. The van der Waals surface area contributed by atoms with Crippen LogP contribution in [0.5, 0.6) is 0 Å². The number of ether oxygens (including phenoxy) is 1. The average Bonchev–Trinajstić information content (AvgIpc) is 3.19. The molecule has 0 aliphatic carbocycles. The van der Waals surface area contributed by atoms with E-state index in [0.29, 0.717) is 12.0 Å². The molecule has 2 N–H and O–H groups in total. The van der Waals surface area contributed by atoms with E-state index in [9.17, 15) is 0 Å². The van der Waals surface area contributed by atoms with E-state index in [0.717, 1.165) is 51.6 Å². The van der Waals surface area contributed by atoms with E-state index in [1.54, 1.807) is 0 Å². The van der Waals surface area contributed by atoms with Gasteiger partial charge in [0.25, 0.3) is 0 Å². The Balaban J connectivity index is 0.00000392. The maximum absolute atomic E-state index is 5.63. The zero-order chi connectivity index (χ0) is 19.3. The summed E-state index contributed by atoms with van der Waals surface area (Å²) in [5, 5.41) is 9.03. The molecular weight excluding hydrogens is 483 g/mol. The molecule has 0 saturated carbocycles. The van der Waals surface area contributed by atoms with Gasteiger partial charge in [0.2, 0.25) is 0 Å². The Morgan fingerprint density at radius 1 is 1.29 bits per heavy atom. The molecule has 1 saturated heterocycles. The molecule has 0 bridgehead atoms. The molecule has 162 valence electrons. The number of aliphatic imine (C=N–C) groups is 1. The summed E-state index contributed by atoms with van der Waals surface area (Å²) < 4.78 is 5.63. The number of nitrogens with one attached hydrogen (secondary N) is 2. The Morgan fingerprint density at radius 2 is 2.11 bits per heavy atom. The summed E-state index contributed by atoms with van der Waals surface area (Å²) >= 11 is 1.87. The Hall–Kier alpha value is -0.380. The van der Waals surface area contributed by atoms with E-state index in [1.807, 2.05) is 11.3 Å². The second-order valence-electron chi connectivity index (χ2n) is 7.31. The number of likely N-dealkylation sites (tertiary alicyclic amines) is 1. The highest BCUT2D eigenvalue weighted by molar-refractivity contribution is 14.0. The van der Waals surface area contributed by atoms with Crippen LogP contribution in [0, 0.1) is 5.92 Å². The number of hydrogen-bond donors (Lipinski definition) is 2. The van der Waals surface area contributed by atoms with Gasteiger partial charge in [-0.1, -0.05) is 19.4 Å². The summed E-state index contributed by atoms with van der Waals surface area (Å²) in [6.45, 7) is 9.85. The van der Waals surface area contributed by atoms with Crippen LogP contribution in [0.1, 0.15) is 56.9 Å². The van der Waals surface area contributed by atoms with E-state index in [4.69, 9.17) is 9.73 Å². The molecule has 2 unspecified atom stereocenters. The fraction of sp³-hybridized carbons (Fsp3) is 0.762. The van der Waals surface area contributed by atoms with Gasteiger partial charge in [-0.25, -0.2) is 0 Å². The van der Waals surface area contributed by atoms with Gasteiger partial charge in [-0.3, -0.25) is 9.89 Å². The van der Waals surface area contributed by atoms with Crippen LogP contribution in [0.2, 0.25) is 0 Å². The molecule has 2 heterocycles. The Kier molecular flexibility index (Phi) is 14.2. The average molecular weight is 523 g/mol. The molecule has 0 radical (unpaired) electrons. The highest BCUT2D eigenvalue weighted by atomic mass is 127. The summed E-state index contributed by atoms with van der Waals surface area (Å²) in [6, 6.07) is 4.93. The van der Waals surface area contributed by atoms with E-state index < -0.39 is 0 Å². The fourth-order valence-corrected chi connectivity index (χ4v) is 4.62. The first-order valence-corrected chi connectivity index (χ1v) is 11.5. The number of rotatable bonds is 11. The van der Waals surface area contributed by atoms with Crippen LogP contribution in [-0.2, 0) is 4.74 Å². The molecule has 2 atom stereocenters. The highest BCUT2D eigenvalue weighted by Gasteiger charge is 2.31. The van der Waals surface area contributed by atoms with Crippen molar-refractivity contribution in [3.63, 3.8) is 0 Å². The van der Waals surface area contributed by atoms with Crippen LogP contribution in [0.4, 0.5) is 0 Å². The predicted octanol–water partition coefficient (Wildman–Crippen LogP) is 4.51. The molecule has 1 aliphatic rings. The van der Waals surface area contributed by atoms with E-state index in [2.05, 4.69) is 53.9 Å². The highest BCUT2D eigenvalue weighted by Crippen LogP contribution is 2.37. The molecule has 5 nitrogen and oxygen atoms in total. The minimum atomic E-state index is 0. The van der Waals surface area contributed by atoms with Gasteiger partial charge < -0.3 is 15.4 Å². The number of piperidine rings is 1. The first kappa shape index (κ1) is 25.7. The first-order valence-electron chi connectivity index (χ1n) is 10.6. The lowest BCUT2D eigenvalue weighted by Gasteiger charge is -2.38. The SMILES string of the molecule is CCCCOCCCNC(=NCC1CCCN(C)C1c1cccs1)NCC.I. The topological polar surface area (TPSA) is 48.9 Å². The quantitative estimate of drug-likeness (QED) is 0.194. The first-order chi connectivity index (χ1) is 13.3. The molecule has 1 aromatic rings. The molecule has 28 heavy (non-hydrogen) atoms. The minimum absolute atomic E-state index is 0. The maximum atomic E-state index is 5.63. The maximum Gasteiger partial charge on any atom is 0.191 e. The molecule has 1 aliphatic heterocycles. The van der Waals surface area contributed by atoms with Gasteiger partial charge in [0.15, 0.2) is 5.96 Å². The third-order valence-electron chi connectivity index (χ3n) is 5.07. The van der Waals surface area contributed by atoms with Crippen molar-refractivity contribution in [2.45, 2.75) is 52.0 Å². The van der Waals surface area contributed by atoms with Crippen LogP contribution < -0.4 is 10.6 Å². The number of halogens is 1. The van der Waals surface area contributed by atoms with Crippen LogP contribution in [0.3, 0.4) is 0 Å². The monoisotopic (exact) mass is 522 g/mol. The van der Waals surface area contributed by atoms with Gasteiger partial charge in [-0.2, -0.15) is 0 Å². The van der Waals surface area contributed by atoms with Crippen LogP contribution in [0.25, 0.3) is 0 Å². The third kappa shape index (κ3) is 8.97. The van der Waals surface area contributed by atoms with Crippen molar-refractivity contribution in [3.8, 4) is 0 Å². The smallest absolute Gasteiger partial charge is 0.191 e. The van der Waals surface area contributed by atoms with Crippen molar-refractivity contribution in [2.24, 2.45) is 10.9 Å². The fourth-order valence-electron chi connectivity index (χ4n) is 3.64. The van der Waals surface area contributed by atoms with Gasteiger partial charge in [-0.05, 0) is 63.6 Å². The molecule has 0 spiro atoms. The van der Waals surface area contributed by atoms with E-state index in [1.165, 1.54) is 30.7 Å². The zero-order valence-electron chi connectivity index (χ0n) is 17.8. The van der Waals surface area contributed by atoms with Crippen molar-refractivity contribution in [2.75, 3.05) is 46.4 Å². The van der Waals surface area contributed by atoms with Crippen molar-refractivity contribution in [1.82, 2.24) is 15.5 Å². The lowest BCUT2D eigenvalue weighted by molar-refractivity contribution is 0.128. The van der Waals surface area contributed by atoms with Crippen LogP contribution >= 0.6 is 35.3 Å². The van der Waals surface area contributed by atoms with Gasteiger partial charge in [0, 0.05) is 43.8 Å². The number of guanidine groups is 1. The number of thiophene rings is 1. The van der Waals surface area contributed by atoms with Crippen LogP contribution in [-0.4, -0.2) is 57.3 Å². The summed E-state index contributed by atoms with van der Waals surface area (Å²) in [5.41, 5.74) is 0. The standard InChI is InChI=1S/C21H38N4OS.HI/c1-4-6-14-26-15-9-12-23-21(22-5-2)24-17-18-10-7-13-25(3)20(18)19-11-8-16-27-19;/h8,11,16,18,20H,4-7,9-10,12-15,17H2,1-3H3,(H2,22,23,24);1H. The largest absolute Gasteiger partial charge is 0.381 e. The molecule has 7 heteroatoms. The Bertz CT molecular complexity index is 526. The number of nitrogens with zero attached hydrogens (tertiary/aromatic N) is 2. The molecule has 1 fully saturated rings. The molecule has 0 aromatic carbocycles. The third-order valence-corrected chi connectivity index (χ3v) is 6.01. The van der Waals surface area contributed by atoms with E-state index in [-0.39, 0.29) is 24.0 Å². The normalized spacial score (nSPS) is 20.6. The van der Waals surface area contributed by atoms with Gasteiger partial charge in [0.05, 0.1) is 0 Å². The van der Waals surface area contributed by atoms with Crippen molar-refractivity contribution in [3.05, 3.63) is 22.4 Å². The van der Waals surface area contributed by atoms with Gasteiger partial charge >= 0.3 is 0 Å². The minimum Gasteiger partial charge on any atom is -0.381 e. The van der Waals surface area contributed by atoms with Crippen molar-refractivity contribution in [1.29, 1.82) is 0 Å². The lowest BCUT2D eigenvalue weighted by Crippen LogP contribution is -2.40. The second kappa shape index (κ2) is 15.5. The Morgan fingerprint density at radius 3 is 2.82 bits per heavy atom. The zero-order valence-corrected chi connectivity index (χ0v) is 20.9.